The number of nitriles is 2. The van der Waals surface area contributed by atoms with Crippen LogP contribution in [-0.4, -0.2) is 9.97 Å². The zero-order valence-electron chi connectivity index (χ0n) is 6.96. The van der Waals surface area contributed by atoms with Gasteiger partial charge in [-0.2, -0.15) is 10.5 Å². The Bertz CT molecular complexity index is 389. The van der Waals surface area contributed by atoms with Crippen molar-refractivity contribution >= 4 is 31.9 Å². The number of nitrogens with zero attached hydrogens (tertiary/aromatic N) is 4. The number of aromatic nitrogens is 2. The van der Waals surface area contributed by atoms with Crippen LogP contribution in [0.4, 0.5) is 0 Å². The molecule has 0 atom stereocenters. The summed E-state index contributed by atoms with van der Waals surface area (Å²) in [6.45, 7) is 0. The van der Waals surface area contributed by atoms with Gasteiger partial charge in [0.2, 0.25) is 0 Å². The van der Waals surface area contributed by atoms with Crippen LogP contribution in [0.2, 0.25) is 0 Å². The van der Waals surface area contributed by atoms with E-state index in [0.717, 1.165) is 0 Å². The normalized spacial score (nSPS) is 9.14. The monoisotopic (exact) mass is 314 g/mol. The molecule has 6 heteroatoms. The smallest absolute Gasteiger partial charge is 0.177 e. The lowest BCUT2D eigenvalue weighted by Crippen LogP contribution is -2.03. The van der Waals surface area contributed by atoms with E-state index in [1.165, 1.54) is 0 Å². The van der Waals surface area contributed by atoms with Crippen molar-refractivity contribution < 1.29 is 0 Å². The van der Waals surface area contributed by atoms with Crippen molar-refractivity contribution in [3.8, 4) is 12.1 Å². The number of hydrogen-bond donors (Lipinski definition) is 0. The van der Waals surface area contributed by atoms with Crippen LogP contribution in [-0.2, 0) is 10.7 Å². The molecule has 14 heavy (non-hydrogen) atoms. The van der Waals surface area contributed by atoms with Gasteiger partial charge < -0.3 is 0 Å². The number of hydrogen-bond acceptors (Lipinski definition) is 4. The summed E-state index contributed by atoms with van der Waals surface area (Å²) in [6, 6.07) is 3.68. The highest BCUT2D eigenvalue weighted by atomic mass is 79.9. The molecule has 0 spiro atoms. The Hall–Kier alpha value is -0.980. The van der Waals surface area contributed by atoms with Gasteiger partial charge in [-0.3, -0.25) is 0 Å². The standard InChI is InChI=1S/C8H4Br2N4/c9-1-5-6(2-10)14-8(4-12)7(3-11)13-5/h1-2H2. The average molecular weight is 316 g/mol. The third kappa shape index (κ3) is 2.09. The lowest BCUT2D eigenvalue weighted by atomic mass is 10.3. The van der Waals surface area contributed by atoms with Crippen LogP contribution < -0.4 is 0 Å². The topological polar surface area (TPSA) is 73.4 Å². The van der Waals surface area contributed by atoms with Gasteiger partial charge in [-0.05, 0) is 0 Å². The van der Waals surface area contributed by atoms with Crippen molar-refractivity contribution in [2.75, 3.05) is 0 Å². The van der Waals surface area contributed by atoms with Crippen LogP contribution in [0.1, 0.15) is 22.8 Å². The van der Waals surface area contributed by atoms with Crippen molar-refractivity contribution in [3.05, 3.63) is 22.8 Å². The summed E-state index contributed by atoms with van der Waals surface area (Å²) in [5.41, 5.74) is 1.51. The van der Waals surface area contributed by atoms with Gasteiger partial charge in [0, 0.05) is 10.7 Å². The van der Waals surface area contributed by atoms with Gasteiger partial charge in [-0.15, -0.1) is 0 Å². The van der Waals surface area contributed by atoms with E-state index in [1.54, 1.807) is 0 Å². The summed E-state index contributed by atoms with van der Waals surface area (Å²) >= 11 is 6.49. The van der Waals surface area contributed by atoms with Crippen molar-refractivity contribution in [1.82, 2.24) is 9.97 Å². The van der Waals surface area contributed by atoms with Crippen molar-refractivity contribution in [1.29, 1.82) is 10.5 Å². The molecule has 0 amide bonds. The van der Waals surface area contributed by atoms with E-state index in [-0.39, 0.29) is 11.4 Å². The first-order chi connectivity index (χ1) is 6.76. The van der Waals surface area contributed by atoms with Gasteiger partial charge in [0.1, 0.15) is 12.1 Å². The number of alkyl halides is 2. The molecule has 1 rings (SSSR count). The molecule has 0 N–H and O–H groups in total. The SMILES string of the molecule is N#Cc1nc(CBr)c(CBr)nc1C#N. The van der Waals surface area contributed by atoms with E-state index in [0.29, 0.717) is 22.0 Å². The summed E-state index contributed by atoms with van der Waals surface area (Å²) in [6.07, 6.45) is 0. The van der Waals surface area contributed by atoms with Crippen molar-refractivity contribution in [2.45, 2.75) is 10.7 Å². The van der Waals surface area contributed by atoms with Gasteiger partial charge in [0.25, 0.3) is 0 Å². The molecular formula is C8H4Br2N4. The molecule has 4 nitrogen and oxygen atoms in total. The summed E-state index contributed by atoms with van der Waals surface area (Å²) in [4.78, 5) is 8.06. The fourth-order valence-corrected chi connectivity index (χ4v) is 1.77. The van der Waals surface area contributed by atoms with Crippen LogP contribution in [0.5, 0.6) is 0 Å². The molecule has 0 aromatic carbocycles. The second-order valence-electron chi connectivity index (χ2n) is 2.31. The molecule has 0 saturated heterocycles. The Kier molecular flexibility index (Phi) is 3.99. The quantitative estimate of drug-likeness (QED) is 0.782. The average Bonchev–Trinajstić information content (AvgIpc) is 2.26. The minimum absolute atomic E-state index is 0.0756. The summed E-state index contributed by atoms with van der Waals surface area (Å²) in [7, 11) is 0. The predicted octanol–water partition coefficient (Wildman–Crippen LogP) is 2.01. The molecule has 0 aliphatic rings. The molecule has 0 radical (unpaired) electrons. The minimum Gasteiger partial charge on any atom is -0.236 e. The van der Waals surface area contributed by atoms with Crippen LogP contribution in [0.3, 0.4) is 0 Å². The fraction of sp³-hybridized carbons (Fsp3) is 0.250. The van der Waals surface area contributed by atoms with E-state index >= 15 is 0 Å². The molecule has 0 bridgehead atoms. The second kappa shape index (κ2) is 5.04. The van der Waals surface area contributed by atoms with Crippen molar-refractivity contribution in [3.63, 3.8) is 0 Å². The number of rotatable bonds is 2. The first-order valence-corrected chi connectivity index (χ1v) is 5.83. The largest absolute Gasteiger partial charge is 0.236 e. The first kappa shape index (κ1) is 11.1. The Morgan fingerprint density at radius 2 is 1.29 bits per heavy atom. The Labute approximate surface area is 97.9 Å². The molecule has 70 valence electrons. The highest BCUT2D eigenvalue weighted by molar-refractivity contribution is 9.09. The van der Waals surface area contributed by atoms with Crippen LogP contribution in [0.25, 0.3) is 0 Å². The molecular weight excluding hydrogens is 312 g/mol. The maximum absolute atomic E-state index is 8.70. The third-order valence-electron chi connectivity index (χ3n) is 1.52. The Morgan fingerprint density at radius 1 is 0.929 bits per heavy atom. The van der Waals surface area contributed by atoms with Crippen LogP contribution in [0, 0.1) is 22.7 Å². The van der Waals surface area contributed by atoms with Gasteiger partial charge >= 0.3 is 0 Å². The maximum Gasteiger partial charge on any atom is 0.177 e. The molecule has 1 heterocycles. The Balaban J connectivity index is 3.39. The van der Waals surface area contributed by atoms with Gasteiger partial charge in [0.15, 0.2) is 11.4 Å². The van der Waals surface area contributed by atoms with Crippen LogP contribution >= 0.6 is 31.9 Å². The zero-order chi connectivity index (χ0) is 10.6. The molecule has 0 aliphatic carbocycles. The minimum atomic E-state index is 0.0756. The molecule has 1 aromatic rings. The lowest BCUT2D eigenvalue weighted by molar-refractivity contribution is 0.996. The summed E-state index contributed by atoms with van der Waals surface area (Å²) in [5, 5.41) is 18.4. The van der Waals surface area contributed by atoms with Gasteiger partial charge in [-0.1, -0.05) is 31.9 Å². The third-order valence-corrected chi connectivity index (χ3v) is 2.58. The van der Waals surface area contributed by atoms with E-state index in [1.807, 2.05) is 12.1 Å². The highest BCUT2D eigenvalue weighted by Crippen LogP contribution is 2.14. The Morgan fingerprint density at radius 3 is 1.50 bits per heavy atom. The lowest BCUT2D eigenvalue weighted by Gasteiger charge is -2.03. The highest BCUT2D eigenvalue weighted by Gasteiger charge is 2.11. The van der Waals surface area contributed by atoms with Gasteiger partial charge in [0.05, 0.1) is 11.4 Å². The predicted molar refractivity (Wildman–Crippen MR) is 56.7 cm³/mol. The second-order valence-corrected chi connectivity index (χ2v) is 3.43. The fourth-order valence-electron chi connectivity index (χ4n) is 0.875. The molecule has 0 saturated carbocycles. The first-order valence-electron chi connectivity index (χ1n) is 3.58. The van der Waals surface area contributed by atoms with E-state index in [4.69, 9.17) is 10.5 Å². The summed E-state index contributed by atoms with van der Waals surface area (Å²) < 4.78 is 0. The maximum atomic E-state index is 8.70. The number of halogens is 2. The molecule has 1 aromatic heterocycles. The van der Waals surface area contributed by atoms with Crippen LogP contribution in [0.15, 0.2) is 0 Å². The van der Waals surface area contributed by atoms with E-state index < -0.39 is 0 Å². The van der Waals surface area contributed by atoms with E-state index in [9.17, 15) is 0 Å². The summed E-state index contributed by atoms with van der Waals surface area (Å²) in [5.74, 6) is 0. The van der Waals surface area contributed by atoms with Gasteiger partial charge in [-0.25, -0.2) is 9.97 Å². The molecule has 0 unspecified atom stereocenters. The van der Waals surface area contributed by atoms with Crippen molar-refractivity contribution in [2.24, 2.45) is 0 Å². The molecule has 0 fully saturated rings. The zero-order valence-corrected chi connectivity index (χ0v) is 10.1. The van der Waals surface area contributed by atoms with E-state index in [2.05, 4.69) is 41.8 Å². The molecule has 0 aliphatic heterocycles.